The van der Waals surface area contributed by atoms with Gasteiger partial charge in [-0.2, -0.15) is 0 Å². The maximum Gasteiger partial charge on any atom is 0.205 e. The van der Waals surface area contributed by atoms with Crippen LogP contribution >= 0.6 is 0 Å². The number of nitrogens with zero attached hydrogens (tertiary/aromatic N) is 2. The topological polar surface area (TPSA) is 85.1 Å². The molecule has 0 spiro atoms. The van der Waals surface area contributed by atoms with Gasteiger partial charge in [0, 0.05) is 6.04 Å². The van der Waals surface area contributed by atoms with Gasteiger partial charge in [0.25, 0.3) is 0 Å². The molecule has 2 fully saturated rings. The van der Waals surface area contributed by atoms with Crippen molar-refractivity contribution in [3.05, 3.63) is 6.33 Å². The molecule has 4 N–H and O–H groups in total. The maximum absolute atomic E-state index is 5.50. The van der Waals surface area contributed by atoms with E-state index < -0.39 is 0 Å². The van der Waals surface area contributed by atoms with Crippen LogP contribution in [0, 0.1) is 16.7 Å². The largest absolute Gasteiger partial charge is 0.490 e. The van der Waals surface area contributed by atoms with Crippen molar-refractivity contribution in [2.24, 2.45) is 22.6 Å². The van der Waals surface area contributed by atoms with Crippen molar-refractivity contribution in [2.45, 2.75) is 46.1 Å². The third-order valence-electron chi connectivity index (χ3n) is 5.70. The molecule has 0 saturated heterocycles. The number of hydrogen-bond donors (Lipinski definition) is 3. The van der Waals surface area contributed by atoms with E-state index in [-0.39, 0.29) is 5.41 Å². The molecule has 2 bridgehead atoms. The van der Waals surface area contributed by atoms with Gasteiger partial charge >= 0.3 is 0 Å². The summed E-state index contributed by atoms with van der Waals surface area (Å²) in [6.07, 6.45) is 5.39. The van der Waals surface area contributed by atoms with E-state index in [0.29, 0.717) is 28.8 Å². The van der Waals surface area contributed by atoms with Crippen LogP contribution in [-0.2, 0) is 0 Å². The standard InChI is InChI=1S/C15H25N5O/c1-14(2)9-5-6-15(3,7-9)13(14)19-11-10(21-4)12(20-16)18-8-17-11/h8-9,13H,5-7,16H2,1-4H3,(H2,17,18,19,20). The molecule has 0 radical (unpaired) electrons. The summed E-state index contributed by atoms with van der Waals surface area (Å²) < 4.78 is 5.43. The highest BCUT2D eigenvalue weighted by Gasteiger charge is 2.59. The minimum absolute atomic E-state index is 0.249. The molecule has 21 heavy (non-hydrogen) atoms. The van der Waals surface area contributed by atoms with Crippen LogP contribution in [-0.4, -0.2) is 23.1 Å². The normalized spacial score (nSPS) is 33.0. The van der Waals surface area contributed by atoms with Crippen LogP contribution < -0.4 is 21.3 Å². The summed E-state index contributed by atoms with van der Waals surface area (Å²) in [4.78, 5) is 8.45. The van der Waals surface area contributed by atoms with Gasteiger partial charge in [0.1, 0.15) is 6.33 Å². The van der Waals surface area contributed by atoms with E-state index in [1.165, 1.54) is 25.6 Å². The first-order valence-electron chi connectivity index (χ1n) is 7.54. The van der Waals surface area contributed by atoms with Crippen LogP contribution in [0.5, 0.6) is 5.75 Å². The highest BCUT2D eigenvalue weighted by molar-refractivity contribution is 5.63. The molecule has 1 aromatic rings. The van der Waals surface area contributed by atoms with Gasteiger partial charge in [-0.05, 0) is 36.0 Å². The lowest BCUT2D eigenvalue weighted by molar-refractivity contribution is 0.155. The Labute approximate surface area is 125 Å². The predicted octanol–water partition coefficient (Wildman–Crippen LogP) is 2.40. The van der Waals surface area contributed by atoms with Gasteiger partial charge in [0.2, 0.25) is 5.75 Å². The van der Waals surface area contributed by atoms with Crippen molar-refractivity contribution in [1.29, 1.82) is 0 Å². The molecule has 1 heterocycles. The summed E-state index contributed by atoms with van der Waals surface area (Å²) in [5, 5.41) is 3.63. The van der Waals surface area contributed by atoms with Crippen molar-refractivity contribution >= 4 is 11.6 Å². The Kier molecular flexibility index (Phi) is 3.24. The Hall–Kier alpha value is -1.56. The summed E-state index contributed by atoms with van der Waals surface area (Å²) in [7, 11) is 1.61. The summed E-state index contributed by atoms with van der Waals surface area (Å²) in [6.45, 7) is 7.10. The molecular weight excluding hydrogens is 266 g/mol. The van der Waals surface area contributed by atoms with Crippen LogP contribution in [0.15, 0.2) is 6.33 Å². The number of fused-ring (bicyclic) bond motifs is 2. The van der Waals surface area contributed by atoms with Crippen LogP contribution in [0.1, 0.15) is 40.0 Å². The lowest BCUT2D eigenvalue weighted by Crippen LogP contribution is -2.46. The second kappa shape index (κ2) is 4.73. The SMILES string of the molecule is COc1c(NN)ncnc1NC1C2(C)CCC(C2)C1(C)C. The average Bonchev–Trinajstić information content (AvgIpc) is 2.94. The lowest BCUT2D eigenvalue weighted by atomic mass is 9.68. The van der Waals surface area contributed by atoms with Crippen molar-refractivity contribution in [3.63, 3.8) is 0 Å². The molecule has 2 saturated carbocycles. The molecule has 6 heteroatoms. The average molecular weight is 291 g/mol. The second-order valence-electron chi connectivity index (χ2n) is 7.24. The minimum Gasteiger partial charge on any atom is -0.490 e. The Bertz CT molecular complexity index is 542. The Balaban J connectivity index is 1.94. The second-order valence-corrected chi connectivity index (χ2v) is 7.24. The summed E-state index contributed by atoms with van der Waals surface area (Å²) >= 11 is 0. The van der Waals surface area contributed by atoms with Crippen LogP contribution in [0.2, 0.25) is 0 Å². The molecule has 0 aromatic carbocycles. The number of methoxy groups -OCH3 is 1. The highest BCUT2D eigenvalue weighted by atomic mass is 16.5. The van der Waals surface area contributed by atoms with Crippen LogP contribution in [0.25, 0.3) is 0 Å². The molecule has 0 amide bonds. The Morgan fingerprint density at radius 2 is 2.00 bits per heavy atom. The first kappa shape index (κ1) is 14.4. The maximum atomic E-state index is 5.50. The fourth-order valence-electron chi connectivity index (χ4n) is 4.57. The molecule has 3 unspecified atom stereocenters. The number of hydrogen-bond acceptors (Lipinski definition) is 6. The van der Waals surface area contributed by atoms with Gasteiger partial charge in [-0.1, -0.05) is 20.8 Å². The summed E-state index contributed by atoms with van der Waals surface area (Å²) in [5.41, 5.74) is 3.13. The van der Waals surface area contributed by atoms with Crippen LogP contribution in [0.3, 0.4) is 0 Å². The highest BCUT2D eigenvalue weighted by Crippen LogP contribution is 2.63. The number of nitrogen functional groups attached to an aromatic ring is 1. The third-order valence-corrected chi connectivity index (χ3v) is 5.70. The molecule has 0 aliphatic heterocycles. The number of hydrazine groups is 1. The first-order chi connectivity index (χ1) is 9.92. The molecule has 3 atom stereocenters. The molecule has 2 aliphatic carbocycles. The van der Waals surface area contributed by atoms with Gasteiger partial charge in [-0.15, -0.1) is 0 Å². The zero-order valence-electron chi connectivity index (χ0n) is 13.2. The molecule has 1 aromatic heterocycles. The zero-order valence-corrected chi connectivity index (χ0v) is 13.2. The molecule has 3 rings (SSSR count). The van der Waals surface area contributed by atoms with E-state index in [1.54, 1.807) is 7.11 Å². The van der Waals surface area contributed by atoms with Gasteiger partial charge in [-0.25, -0.2) is 15.8 Å². The number of anilines is 2. The number of nitrogens with one attached hydrogen (secondary N) is 2. The summed E-state index contributed by atoms with van der Waals surface area (Å²) in [5.74, 6) is 8.06. The van der Waals surface area contributed by atoms with Crippen molar-refractivity contribution in [2.75, 3.05) is 17.9 Å². The fourth-order valence-corrected chi connectivity index (χ4v) is 4.57. The molecular formula is C15H25N5O. The monoisotopic (exact) mass is 291 g/mol. The van der Waals surface area contributed by atoms with Gasteiger partial charge in [-0.3, -0.25) is 0 Å². The third kappa shape index (κ3) is 2.04. The Morgan fingerprint density at radius 3 is 2.57 bits per heavy atom. The number of ether oxygens (including phenoxy) is 1. The molecule has 6 nitrogen and oxygen atoms in total. The predicted molar refractivity (Wildman–Crippen MR) is 83.0 cm³/mol. The van der Waals surface area contributed by atoms with E-state index in [1.807, 2.05) is 0 Å². The van der Waals surface area contributed by atoms with Crippen molar-refractivity contribution < 1.29 is 4.74 Å². The van der Waals surface area contributed by atoms with Gasteiger partial charge in [0.15, 0.2) is 11.6 Å². The minimum atomic E-state index is 0.249. The van der Waals surface area contributed by atoms with E-state index in [9.17, 15) is 0 Å². The van der Waals surface area contributed by atoms with E-state index >= 15 is 0 Å². The zero-order chi connectivity index (χ0) is 15.3. The number of rotatable bonds is 4. The molecule has 116 valence electrons. The number of nitrogens with two attached hydrogens (primary N) is 1. The quantitative estimate of drug-likeness (QED) is 0.583. The molecule has 2 aliphatic rings. The summed E-state index contributed by atoms with van der Waals surface area (Å²) in [6, 6.07) is 0.373. The first-order valence-corrected chi connectivity index (χ1v) is 7.54. The Morgan fingerprint density at radius 1 is 1.29 bits per heavy atom. The smallest absolute Gasteiger partial charge is 0.205 e. The van der Waals surface area contributed by atoms with Crippen LogP contribution in [0.4, 0.5) is 11.6 Å². The van der Waals surface area contributed by atoms with E-state index in [0.717, 1.165) is 5.92 Å². The fraction of sp³-hybridized carbons (Fsp3) is 0.733. The van der Waals surface area contributed by atoms with E-state index in [4.69, 9.17) is 10.6 Å². The van der Waals surface area contributed by atoms with Gasteiger partial charge in [0.05, 0.1) is 7.11 Å². The lowest BCUT2D eigenvalue weighted by Gasteiger charge is -2.43. The number of aromatic nitrogens is 2. The van der Waals surface area contributed by atoms with Gasteiger partial charge < -0.3 is 15.5 Å². The van der Waals surface area contributed by atoms with E-state index in [2.05, 4.69) is 41.5 Å². The van der Waals surface area contributed by atoms with Crippen molar-refractivity contribution in [3.8, 4) is 5.75 Å². The van der Waals surface area contributed by atoms with Crippen molar-refractivity contribution in [1.82, 2.24) is 9.97 Å².